The first kappa shape index (κ1) is 26.9. The number of hydrogen-bond acceptors (Lipinski definition) is 11. The smallest absolute Gasteiger partial charge is 0.225 e. The molecule has 1 saturated heterocycles. The lowest BCUT2D eigenvalue weighted by atomic mass is 10.1. The van der Waals surface area contributed by atoms with E-state index in [4.69, 9.17) is 19.9 Å². The number of oxazole rings is 1. The first-order chi connectivity index (χ1) is 21.0. The lowest BCUT2D eigenvalue weighted by molar-refractivity contribution is 0.159. The van der Waals surface area contributed by atoms with Crippen molar-refractivity contribution >= 4 is 28.3 Å². The number of hydrogen-bond donors (Lipinski definition) is 1. The van der Waals surface area contributed by atoms with Crippen molar-refractivity contribution in [1.29, 1.82) is 0 Å². The highest BCUT2D eigenvalue weighted by molar-refractivity contribution is 5.90. The minimum atomic E-state index is -0.259. The molecule has 43 heavy (non-hydrogen) atoms. The van der Waals surface area contributed by atoms with E-state index in [1.165, 1.54) is 10.6 Å². The number of aryl methyl sites for hydroxylation is 1. The van der Waals surface area contributed by atoms with E-state index < -0.39 is 0 Å². The average Bonchev–Trinajstić information content (AvgIpc) is 3.76. The van der Waals surface area contributed by atoms with Gasteiger partial charge in [0.15, 0.2) is 11.3 Å². The second-order valence-electron chi connectivity index (χ2n) is 10.5. The van der Waals surface area contributed by atoms with Gasteiger partial charge in [-0.05, 0) is 36.8 Å². The summed E-state index contributed by atoms with van der Waals surface area (Å²) < 4.78 is 28.8. The number of rotatable bonds is 8. The maximum absolute atomic E-state index is 14.9. The molecule has 0 amide bonds. The lowest BCUT2D eigenvalue weighted by Crippen LogP contribution is -2.47. The Kier molecular flexibility index (Phi) is 6.91. The van der Waals surface area contributed by atoms with E-state index in [1.54, 1.807) is 31.8 Å². The zero-order chi connectivity index (χ0) is 29.5. The second kappa shape index (κ2) is 11.0. The number of ether oxygens (including phenoxy) is 1. The number of piperazine rings is 1. The summed E-state index contributed by atoms with van der Waals surface area (Å²) in [6.45, 7) is 6.56. The fraction of sp³-hybridized carbons (Fsp3) is 0.310. The van der Waals surface area contributed by atoms with Crippen molar-refractivity contribution in [3.8, 4) is 22.8 Å². The highest BCUT2D eigenvalue weighted by atomic mass is 19.1. The quantitative estimate of drug-likeness (QED) is 0.282. The Morgan fingerprint density at radius 3 is 2.72 bits per heavy atom. The van der Waals surface area contributed by atoms with Crippen molar-refractivity contribution in [1.82, 2.24) is 44.2 Å². The Hall–Kier alpha value is -4.95. The number of anilines is 2. The van der Waals surface area contributed by atoms with Crippen molar-refractivity contribution in [2.45, 2.75) is 20.1 Å². The first-order valence-electron chi connectivity index (χ1n) is 14.0. The van der Waals surface area contributed by atoms with Gasteiger partial charge in [-0.2, -0.15) is 14.6 Å². The molecule has 6 heterocycles. The number of halogens is 1. The second-order valence-corrected chi connectivity index (χ2v) is 10.5. The van der Waals surface area contributed by atoms with E-state index in [0.29, 0.717) is 59.7 Å². The zero-order valence-electron chi connectivity index (χ0n) is 23.8. The molecule has 0 bridgehead atoms. The Morgan fingerprint density at radius 1 is 1.05 bits per heavy atom. The van der Waals surface area contributed by atoms with E-state index in [9.17, 15) is 4.39 Å². The molecule has 0 radical (unpaired) electrons. The van der Waals surface area contributed by atoms with Gasteiger partial charge in [-0.3, -0.25) is 9.88 Å². The van der Waals surface area contributed by atoms with Crippen molar-refractivity contribution in [2.24, 2.45) is 0 Å². The Morgan fingerprint density at radius 2 is 1.91 bits per heavy atom. The van der Waals surface area contributed by atoms with Gasteiger partial charge >= 0.3 is 0 Å². The summed E-state index contributed by atoms with van der Waals surface area (Å²) in [4.78, 5) is 22.6. The number of nitrogen functional groups attached to an aromatic ring is 1. The summed E-state index contributed by atoms with van der Waals surface area (Å²) in [5.74, 6) is 0.944. The van der Waals surface area contributed by atoms with Crippen LogP contribution in [0.2, 0.25) is 0 Å². The number of nitrogens with two attached hydrogens (primary N) is 1. The molecule has 6 aromatic rings. The van der Waals surface area contributed by atoms with Crippen LogP contribution in [0.3, 0.4) is 0 Å². The summed E-state index contributed by atoms with van der Waals surface area (Å²) in [5.41, 5.74) is 11.2. The standard InChI is InChI=1S/C29H30FN11O2/c1-18-4-3-7-32-25(18)26-35-28-20-15-33-40(27(20)36-29(31)41(28)37-26)13-10-38-8-11-39(12-9-38)23-14-19(5-6-21(23)30)22-16-43-24(34-22)17-42-2/h3-7,14-16H,8-13,17H2,1-2H3,(H2,31,36). The van der Waals surface area contributed by atoms with Crippen molar-refractivity contribution in [3.05, 3.63) is 66.3 Å². The van der Waals surface area contributed by atoms with Gasteiger partial charge in [0.25, 0.3) is 0 Å². The van der Waals surface area contributed by atoms with Gasteiger partial charge in [0.05, 0.1) is 23.8 Å². The fourth-order valence-electron chi connectivity index (χ4n) is 5.44. The highest BCUT2D eigenvalue weighted by Crippen LogP contribution is 2.28. The molecular weight excluding hydrogens is 553 g/mol. The molecule has 5 aromatic heterocycles. The lowest BCUT2D eigenvalue weighted by Gasteiger charge is -2.36. The molecule has 7 rings (SSSR count). The van der Waals surface area contributed by atoms with Gasteiger partial charge in [0.2, 0.25) is 17.7 Å². The van der Waals surface area contributed by atoms with Crippen LogP contribution in [-0.4, -0.2) is 84.1 Å². The predicted molar refractivity (Wildman–Crippen MR) is 158 cm³/mol. The first-order valence-corrected chi connectivity index (χ1v) is 14.0. The highest BCUT2D eigenvalue weighted by Gasteiger charge is 2.22. The third kappa shape index (κ3) is 5.04. The van der Waals surface area contributed by atoms with Crippen LogP contribution in [-0.2, 0) is 17.9 Å². The van der Waals surface area contributed by atoms with Crippen molar-refractivity contribution in [3.63, 3.8) is 0 Å². The monoisotopic (exact) mass is 583 g/mol. The van der Waals surface area contributed by atoms with Gasteiger partial charge in [-0.15, -0.1) is 5.10 Å². The van der Waals surface area contributed by atoms with Crippen LogP contribution in [0.5, 0.6) is 0 Å². The summed E-state index contributed by atoms with van der Waals surface area (Å²) in [6, 6.07) is 8.87. The van der Waals surface area contributed by atoms with Gasteiger partial charge in [-0.25, -0.2) is 19.0 Å². The molecule has 1 fully saturated rings. The van der Waals surface area contributed by atoms with E-state index in [1.807, 2.05) is 29.8 Å². The van der Waals surface area contributed by atoms with E-state index in [0.717, 1.165) is 36.1 Å². The van der Waals surface area contributed by atoms with Gasteiger partial charge in [-0.1, -0.05) is 6.07 Å². The number of benzene rings is 1. The number of methoxy groups -OCH3 is 1. The largest absolute Gasteiger partial charge is 0.446 e. The van der Waals surface area contributed by atoms with Crippen molar-refractivity contribution < 1.29 is 13.5 Å². The van der Waals surface area contributed by atoms with Crippen molar-refractivity contribution in [2.75, 3.05) is 50.5 Å². The summed E-state index contributed by atoms with van der Waals surface area (Å²) in [5, 5.41) is 9.91. The maximum atomic E-state index is 14.9. The molecule has 0 unspecified atom stereocenters. The summed E-state index contributed by atoms with van der Waals surface area (Å²) in [7, 11) is 1.58. The predicted octanol–water partition coefficient (Wildman–Crippen LogP) is 3.19. The molecule has 0 atom stereocenters. The Labute approximate surface area is 245 Å². The molecular formula is C29H30FN11O2. The number of nitrogens with zero attached hydrogens (tertiary/aromatic N) is 10. The molecule has 0 saturated carbocycles. The molecule has 1 aliphatic heterocycles. The molecule has 13 nitrogen and oxygen atoms in total. The van der Waals surface area contributed by atoms with Gasteiger partial charge in [0, 0.05) is 51.6 Å². The number of pyridine rings is 1. The van der Waals surface area contributed by atoms with Crippen LogP contribution >= 0.6 is 0 Å². The normalized spacial score (nSPS) is 14.3. The third-order valence-corrected chi connectivity index (χ3v) is 7.72. The van der Waals surface area contributed by atoms with Gasteiger partial charge < -0.3 is 19.8 Å². The van der Waals surface area contributed by atoms with Crippen LogP contribution in [0.15, 0.2) is 53.4 Å². The molecule has 0 aliphatic carbocycles. The van der Waals surface area contributed by atoms with E-state index in [-0.39, 0.29) is 18.4 Å². The minimum Gasteiger partial charge on any atom is -0.446 e. The topological polar surface area (TPSA) is 142 Å². The Bertz CT molecular complexity index is 1920. The van der Waals surface area contributed by atoms with Crippen LogP contribution in [0.1, 0.15) is 11.5 Å². The molecule has 1 aliphatic rings. The molecule has 14 heteroatoms. The zero-order valence-corrected chi connectivity index (χ0v) is 23.8. The Balaban J connectivity index is 1.03. The van der Waals surface area contributed by atoms with Crippen LogP contribution in [0, 0.1) is 12.7 Å². The van der Waals surface area contributed by atoms with E-state index >= 15 is 0 Å². The fourth-order valence-corrected chi connectivity index (χ4v) is 5.44. The average molecular weight is 584 g/mol. The molecule has 220 valence electrons. The third-order valence-electron chi connectivity index (χ3n) is 7.72. The minimum absolute atomic E-state index is 0.231. The molecule has 2 N–H and O–H groups in total. The van der Waals surface area contributed by atoms with Gasteiger partial charge in [0.1, 0.15) is 30.1 Å². The van der Waals surface area contributed by atoms with E-state index in [2.05, 4.69) is 34.9 Å². The maximum Gasteiger partial charge on any atom is 0.225 e. The SMILES string of the molecule is COCc1nc(-c2ccc(F)c(N3CCN(CCn4ncc5c4nc(N)n4nc(-c6ncccc6C)nc54)CC3)c2)co1. The molecule has 1 aromatic carbocycles. The van der Waals surface area contributed by atoms with Crippen LogP contribution in [0.4, 0.5) is 16.0 Å². The number of aromatic nitrogens is 8. The number of fused-ring (bicyclic) bond motifs is 3. The summed E-state index contributed by atoms with van der Waals surface area (Å²) in [6.07, 6.45) is 5.04. The summed E-state index contributed by atoms with van der Waals surface area (Å²) >= 11 is 0. The molecule has 0 spiro atoms. The van der Waals surface area contributed by atoms with Crippen LogP contribution < -0.4 is 10.6 Å². The van der Waals surface area contributed by atoms with Crippen LogP contribution in [0.25, 0.3) is 39.5 Å².